The van der Waals surface area contributed by atoms with Crippen LogP contribution in [0.5, 0.6) is 0 Å². The van der Waals surface area contributed by atoms with Crippen LogP contribution in [0.15, 0.2) is 82.2 Å². The number of rotatable bonds is 7. The third kappa shape index (κ3) is 5.32. The van der Waals surface area contributed by atoms with Gasteiger partial charge < -0.3 is 4.90 Å². The number of fused-ring (bicyclic) bond motifs is 1. The molecule has 4 rings (SSSR count). The summed E-state index contributed by atoms with van der Waals surface area (Å²) in [4.78, 5) is 15.3. The average Bonchev–Trinajstić information content (AvgIpc) is 3.12. The van der Waals surface area contributed by atoms with E-state index in [0.29, 0.717) is 11.4 Å². The Kier molecular flexibility index (Phi) is 7.24. The van der Waals surface area contributed by atoms with Crippen LogP contribution in [-0.4, -0.2) is 37.8 Å². The Hall–Kier alpha value is -2.19. The largest absolute Gasteiger partial charge is 0.308 e. The van der Waals surface area contributed by atoms with Gasteiger partial charge in [-0.15, -0.1) is 0 Å². The summed E-state index contributed by atoms with van der Waals surface area (Å²) in [6.07, 6.45) is 1.23. The molecule has 0 saturated carbocycles. The highest BCUT2D eigenvalue weighted by atomic mass is 79.9. The van der Waals surface area contributed by atoms with Crippen LogP contribution < -0.4 is 4.90 Å². The maximum absolute atomic E-state index is 13.5. The zero-order valence-corrected chi connectivity index (χ0v) is 21.3. The van der Waals surface area contributed by atoms with Gasteiger partial charge >= 0.3 is 0 Å². The number of sulfonamides is 1. The van der Waals surface area contributed by atoms with E-state index < -0.39 is 10.0 Å². The number of hydrogen-bond donors (Lipinski definition) is 0. The summed E-state index contributed by atoms with van der Waals surface area (Å²) in [5, 5.41) is 0.453. The summed E-state index contributed by atoms with van der Waals surface area (Å²) in [6, 6.07) is 21.5. The van der Waals surface area contributed by atoms with Gasteiger partial charge in [0.15, 0.2) is 0 Å². The Morgan fingerprint density at radius 1 is 1.09 bits per heavy atom. The van der Waals surface area contributed by atoms with Gasteiger partial charge in [-0.2, -0.15) is 4.31 Å². The molecule has 1 aliphatic rings. The van der Waals surface area contributed by atoms with E-state index in [2.05, 4.69) is 15.9 Å². The molecule has 1 aliphatic heterocycles. The van der Waals surface area contributed by atoms with Crippen molar-refractivity contribution < 1.29 is 13.2 Å². The van der Waals surface area contributed by atoms with Gasteiger partial charge in [-0.3, -0.25) is 4.79 Å². The van der Waals surface area contributed by atoms with Crippen molar-refractivity contribution in [3.8, 4) is 0 Å². The average molecular weight is 548 g/mol. The second kappa shape index (κ2) is 9.97. The summed E-state index contributed by atoms with van der Waals surface area (Å²) < 4.78 is 29.2. The smallest absolute Gasteiger partial charge is 0.243 e. The van der Waals surface area contributed by atoms with Crippen molar-refractivity contribution in [1.29, 1.82) is 0 Å². The lowest BCUT2D eigenvalue weighted by atomic mass is 10.1. The van der Waals surface area contributed by atoms with Crippen molar-refractivity contribution in [3.05, 3.63) is 93.4 Å². The molecule has 172 valence electrons. The number of hydrogen-bond acceptors (Lipinski definition) is 3. The summed E-state index contributed by atoms with van der Waals surface area (Å²) in [5.74, 6) is -0.242. The quantitative estimate of drug-likeness (QED) is 0.403. The highest BCUT2D eigenvalue weighted by Gasteiger charge is 2.34. The fraction of sp³-hybridized carbons (Fsp3) is 0.240. The van der Waals surface area contributed by atoms with Crippen molar-refractivity contribution in [2.75, 3.05) is 18.0 Å². The van der Waals surface area contributed by atoms with Crippen LogP contribution in [0.3, 0.4) is 0 Å². The lowest BCUT2D eigenvalue weighted by Gasteiger charge is -2.27. The Morgan fingerprint density at radius 3 is 2.48 bits per heavy atom. The fourth-order valence-corrected chi connectivity index (χ4v) is 6.07. The second-order valence-electron chi connectivity index (χ2n) is 8.12. The third-order valence-electron chi connectivity index (χ3n) is 5.78. The van der Waals surface area contributed by atoms with Crippen LogP contribution >= 0.6 is 27.5 Å². The van der Waals surface area contributed by atoms with Crippen LogP contribution in [0.1, 0.15) is 18.1 Å². The summed E-state index contributed by atoms with van der Waals surface area (Å²) in [5.41, 5.74) is 2.91. The van der Waals surface area contributed by atoms with Gasteiger partial charge in [0.2, 0.25) is 15.9 Å². The fourth-order valence-electron chi connectivity index (χ4n) is 4.15. The van der Waals surface area contributed by atoms with Crippen LogP contribution in [-0.2, 0) is 27.7 Å². The first-order valence-corrected chi connectivity index (χ1v) is 13.3. The zero-order chi connectivity index (χ0) is 23.6. The highest BCUT2D eigenvalue weighted by molar-refractivity contribution is 9.10. The molecule has 8 heteroatoms. The van der Waals surface area contributed by atoms with E-state index in [1.807, 2.05) is 55.5 Å². The minimum Gasteiger partial charge on any atom is -0.308 e. The zero-order valence-electron chi connectivity index (χ0n) is 18.1. The third-order valence-corrected chi connectivity index (χ3v) is 8.39. The molecule has 3 aromatic rings. The molecule has 0 fully saturated rings. The number of carbonyl (C=O) groups excluding carboxylic acids is 1. The topological polar surface area (TPSA) is 57.7 Å². The van der Waals surface area contributed by atoms with E-state index in [9.17, 15) is 13.2 Å². The molecular formula is C25H24BrClN2O3S. The number of amides is 1. The SMILES string of the molecule is C[C@@H]1Cc2cc(Br)ccc2N1C(=O)CN(CCc1ccccc1)S(=O)(=O)c1ccc(Cl)cc1. The maximum atomic E-state index is 13.5. The number of nitrogens with zero attached hydrogens (tertiary/aromatic N) is 2. The van der Waals surface area contributed by atoms with Gasteiger partial charge in [0.1, 0.15) is 0 Å². The van der Waals surface area contributed by atoms with E-state index in [1.165, 1.54) is 16.4 Å². The van der Waals surface area contributed by atoms with Crippen molar-refractivity contribution in [2.24, 2.45) is 0 Å². The van der Waals surface area contributed by atoms with Crippen LogP contribution in [0.25, 0.3) is 0 Å². The molecule has 0 N–H and O–H groups in total. The van der Waals surface area contributed by atoms with E-state index in [-0.39, 0.29) is 29.9 Å². The highest BCUT2D eigenvalue weighted by Crippen LogP contribution is 2.34. The number of anilines is 1. The van der Waals surface area contributed by atoms with E-state index in [0.717, 1.165) is 27.7 Å². The van der Waals surface area contributed by atoms with Crippen molar-refractivity contribution >= 4 is 49.1 Å². The molecule has 0 spiro atoms. The minimum absolute atomic E-state index is 0.0454. The Bertz CT molecular complexity index is 1250. The second-order valence-corrected chi connectivity index (χ2v) is 11.4. The number of benzene rings is 3. The van der Waals surface area contributed by atoms with Crippen molar-refractivity contribution in [3.63, 3.8) is 0 Å². The molecule has 5 nitrogen and oxygen atoms in total. The standard InChI is InChI=1S/C25H24BrClN2O3S/c1-18-15-20-16-21(26)7-12-24(20)29(18)25(30)17-28(14-13-19-5-3-2-4-6-19)33(31,32)23-10-8-22(27)9-11-23/h2-12,16,18H,13-15,17H2,1H3/t18-/m1/s1. The number of halogens is 2. The molecule has 0 unspecified atom stereocenters. The van der Waals surface area contributed by atoms with Gasteiger partial charge in [-0.05, 0) is 73.4 Å². The molecule has 33 heavy (non-hydrogen) atoms. The predicted octanol–water partition coefficient (Wildman–Crippen LogP) is 5.31. The minimum atomic E-state index is -3.89. The Labute approximate surface area is 208 Å². The van der Waals surface area contributed by atoms with Crippen LogP contribution in [0.4, 0.5) is 5.69 Å². The van der Waals surface area contributed by atoms with Gasteiger partial charge in [-0.1, -0.05) is 57.9 Å². The lowest BCUT2D eigenvalue weighted by Crippen LogP contribution is -2.45. The molecule has 1 atom stereocenters. The molecule has 0 radical (unpaired) electrons. The van der Waals surface area contributed by atoms with Gasteiger partial charge in [0.05, 0.1) is 11.4 Å². The Morgan fingerprint density at radius 2 is 1.79 bits per heavy atom. The van der Waals surface area contributed by atoms with Gasteiger partial charge in [0.25, 0.3) is 0 Å². The molecule has 0 bridgehead atoms. The Balaban J connectivity index is 1.62. The summed E-state index contributed by atoms with van der Waals surface area (Å²) in [7, 11) is -3.89. The lowest BCUT2D eigenvalue weighted by molar-refractivity contribution is -0.119. The van der Waals surface area contributed by atoms with E-state index in [4.69, 9.17) is 11.6 Å². The summed E-state index contributed by atoms with van der Waals surface area (Å²) in [6.45, 7) is 1.93. The van der Waals surface area contributed by atoms with Gasteiger partial charge in [0, 0.05) is 27.8 Å². The molecule has 3 aromatic carbocycles. The van der Waals surface area contributed by atoms with E-state index >= 15 is 0 Å². The molecule has 0 saturated heterocycles. The monoisotopic (exact) mass is 546 g/mol. The van der Waals surface area contributed by atoms with Crippen LogP contribution in [0.2, 0.25) is 5.02 Å². The van der Waals surface area contributed by atoms with E-state index in [1.54, 1.807) is 17.0 Å². The maximum Gasteiger partial charge on any atom is 0.243 e. The first-order chi connectivity index (χ1) is 15.8. The molecule has 0 aromatic heterocycles. The summed E-state index contributed by atoms with van der Waals surface area (Å²) >= 11 is 9.44. The molecule has 1 heterocycles. The van der Waals surface area contributed by atoms with Crippen LogP contribution in [0, 0.1) is 0 Å². The predicted molar refractivity (Wildman–Crippen MR) is 135 cm³/mol. The molecular weight excluding hydrogens is 524 g/mol. The number of carbonyl (C=O) groups is 1. The first kappa shape index (κ1) is 24.0. The van der Waals surface area contributed by atoms with Crippen molar-refractivity contribution in [1.82, 2.24) is 4.31 Å². The van der Waals surface area contributed by atoms with Gasteiger partial charge in [-0.25, -0.2) is 8.42 Å². The molecule has 0 aliphatic carbocycles. The van der Waals surface area contributed by atoms with Crippen molar-refractivity contribution in [2.45, 2.75) is 30.7 Å². The first-order valence-electron chi connectivity index (χ1n) is 10.7. The normalized spacial score (nSPS) is 15.6. The molecule has 1 amide bonds.